The number of aliphatic hydroxyl groups excluding tert-OH is 1. The normalized spacial score (nSPS) is 24.0. The van der Waals surface area contributed by atoms with E-state index in [-0.39, 0.29) is 66.3 Å². The minimum atomic E-state index is -0.830. The van der Waals surface area contributed by atoms with Gasteiger partial charge >= 0.3 is 0 Å². The van der Waals surface area contributed by atoms with Crippen LogP contribution in [-0.2, 0) is 27.2 Å². The summed E-state index contributed by atoms with van der Waals surface area (Å²) in [4.78, 5) is 55.1. The number of carbonyl (C=O) groups excluding carboxylic acids is 3. The van der Waals surface area contributed by atoms with Crippen molar-refractivity contribution in [1.82, 2.24) is 35.5 Å². The number of aliphatic hydroxyl groups is 1. The highest BCUT2D eigenvalue weighted by Gasteiger charge is 2.50. The fourth-order valence-electron chi connectivity index (χ4n) is 10.8. The Morgan fingerprint density at radius 2 is 1.81 bits per heavy atom. The van der Waals surface area contributed by atoms with E-state index in [0.717, 1.165) is 64.0 Å². The van der Waals surface area contributed by atoms with E-state index in [1.54, 1.807) is 23.5 Å². The number of Topliss-reactive ketones (excluding diaryl/α,β-unsaturated/α-hetero) is 1. The summed E-state index contributed by atoms with van der Waals surface area (Å²) >= 11 is 1.59. The number of aromatic nitrogens is 5. The largest absolute Gasteiger partial charge is 0.507 e. The molecular weight excluding hydrogens is 817 g/mol. The Morgan fingerprint density at radius 1 is 1.00 bits per heavy atom. The molecule has 0 spiro atoms. The second-order valence-corrected chi connectivity index (χ2v) is 19.3. The third kappa shape index (κ3) is 7.48. The lowest BCUT2D eigenvalue weighted by molar-refractivity contribution is -0.141. The number of carbonyl (C=O) groups is 3. The maximum Gasteiger partial charge on any atom is 0.243 e. The van der Waals surface area contributed by atoms with E-state index in [0.29, 0.717) is 47.2 Å². The van der Waals surface area contributed by atoms with Crippen molar-refractivity contribution < 1.29 is 29.1 Å². The number of hydrogen-bond donors (Lipinski definition) is 4. The molecule has 326 valence electrons. The van der Waals surface area contributed by atoms with E-state index in [9.17, 15) is 24.6 Å². The standard InChI is InChI=1S/C48H52N8O6S/c1-24(2)43(48(61)56-22-32(57)18-39(56)47(60)50-25(3)27-9-11-28(12-10-27)45-26(4)49-23-63-45)41-20-42(54-62-41)55-21-30-15-31(55)17-34(30)44(59)29-13-14-37-35(16-29)36-19-38(52-53-46(36)51-37)33-7-5-6-8-40(33)58/h5-12,19-20,23-25,29-32,34,39,43,57-58H,13-18,21-22H2,1-4H3,(H,50,60)(H,51,53)/t25-,29+,30-,31-,32+,34?,39-,43+/m0/s1. The van der Waals surface area contributed by atoms with Crippen LogP contribution in [0.1, 0.15) is 86.7 Å². The van der Waals surface area contributed by atoms with E-state index in [1.165, 1.54) is 4.90 Å². The number of nitrogens with zero attached hydrogens (tertiary/aromatic N) is 6. The molecule has 4 aromatic heterocycles. The molecule has 8 atom stereocenters. The van der Waals surface area contributed by atoms with Crippen LogP contribution in [0, 0.1) is 30.6 Å². The molecule has 3 fully saturated rings. The van der Waals surface area contributed by atoms with Gasteiger partial charge in [0.2, 0.25) is 11.8 Å². The molecule has 14 nitrogen and oxygen atoms in total. The fraction of sp³-hybridized carbons (Fsp3) is 0.438. The van der Waals surface area contributed by atoms with E-state index in [4.69, 9.17) is 4.52 Å². The van der Waals surface area contributed by atoms with Gasteiger partial charge in [0.05, 0.1) is 33.9 Å². The predicted molar refractivity (Wildman–Crippen MR) is 238 cm³/mol. The number of anilines is 1. The van der Waals surface area contributed by atoms with E-state index >= 15 is 0 Å². The highest BCUT2D eigenvalue weighted by molar-refractivity contribution is 7.13. The summed E-state index contributed by atoms with van der Waals surface area (Å²) in [6, 6.07) is 18.0. The van der Waals surface area contributed by atoms with Crippen molar-refractivity contribution in [3.05, 3.63) is 94.4 Å². The average molecular weight is 869 g/mol. The topological polar surface area (TPSA) is 191 Å². The molecule has 63 heavy (non-hydrogen) atoms. The number of amides is 2. The number of fused-ring (bicyclic) bond motifs is 5. The Bertz CT molecular complexity index is 2710. The molecule has 2 saturated heterocycles. The van der Waals surface area contributed by atoms with Crippen LogP contribution in [0.5, 0.6) is 5.75 Å². The first kappa shape index (κ1) is 41.1. The zero-order valence-corrected chi connectivity index (χ0v) is 36.6. The zero-order chi connectivity index (χ0) is 43.7. The van der Waals surface area contributed by atoms with Crippen molar-refractivity contribution in [2.24, 2.45) is 23.7 Å². The summed E-state index contributed by atoms with van der Waals surface area (Å²) in [5.74, 6) is 0.177. The van der Waals surface area contributed by atoms with Gasteiger partial charge < -0.3 is 34.8 Å². The van der Waals surface area contributed by atoms with Crippen LogP contribution >= 0.6 is 11.3 Å². The quantitative estimate of drug-likeness (QED) is 0.106. The number of piperidine rings is 1. The van der Waals surface area contributed by atoms with Gasteiger partial charge in [0, 0.05) is 60.1 Å². The second kappa shape index (κ2) is 16.3. The van der Waals surface area contributed by atoms with Crippen molar-refractivity contribution in [2.75, 3.05) is 18.0 Å². The lowest BCUT2D eigenvalue weighted by atomic mass is 9.77. The summed E-state index contributed by atoms with van der Waals surface area (Å²) in [6.07, 6.45) is 3.16. The number of aromatic hydroxyl groups is 1. The van der Waals surface area contributed by atoms with Crippen LogP contribution in [0.3, 0.4) is 0 Å². The Kier molecular flexibility index (Phi) is 10.6. The van der Waals surface area contributed by atoms with E-state index in [2.05, 4.69) is 35.5 Å². The van der Waals surface area contributed by atoms with Gasteiger partial charge in [-0.15, -0.1) is 21.5 Å². The third-order valence-electron chi connectivity index (χ3n) is 14.1. The number of H-pyrrole nitrogens is 1. The molecule has 2 bridgehead atoms. The highest BCUT2D eigenvalue weighted by atomic mass is 32.1. The van der Waals surface area contributed by atoms with Crippen molar-refractivity contribution in [2.45, 2.75) is 96.4 Å². The van der Waals surface area contributed by atoms with Crippen LogP contribution in [-0.4, -0.2) is 89.3 Å². The van der Waals surface area contributed by atoms with Gasteiger partial charge in [0.15, 0.2) is 17.2 Å². The number of aryl methyl sites for hydroxylation is 2. The van der Waals surface area contributed by atoms with Gasteiger partial charge in [-0.3, -0.25) is 14.4 Å². The first-order chi connectivity index (χ1) is 30.4. The molecular formula is C48H52N8O6S. The van der Waals surface area contributed by atoms with E-state index in [1.807, 2.05) is 81.7 Å². The van der Waals surface area contributed by atoms with Gasteiger partial charge in [-0.2, -0.15) is 0 Å². The summed E-state index contributed by atoms with van der Waals surface area (Å²) in [5, 5.41) is 38.6. The molecule has 2 amide bonds. The lowest BCUT2D eigenvalue weighted by Crippen LogP contribution is -2.48. The fourth-order valence-corrected chi connectivity index (χ4v) is 11.6. The monoisotopic (exact) mass is 868 g/mol. The van der Waals surface area contributed by atoms with Gasteiger partial charge in [-0.1, -0.05) is 55.4 Å². The number of phenolic OH excluding ortho intramolecular Hbond substituents is 1. The van der Waals surface area contributed by atoms with Crippen LogP contribution in [0.4, 0.5) is 5.82 Å². The number of benzene rings is 2. The van der Waals surface area contributed by atoms with Crippen molar-refractivity contribution in [3.63, 3.8) is 0 Å². The highest BCUT2D eigenvalue weighted by Crippen LogP contribution is 2.47. The molecule has 1 saturated carbocycles. The van der Waals surface area contributed by atoms with Crippen LogP contribution in [0.15, 0.2) is 70.7 Å². The number of phenols is 1. The molecule has 2 aliphatic heterocycles. The SMILES string of the molecule is Cc1ncsc1-c1ccc([C@H](C)NC(=O)[C@@H]2C[C@@H](O)CN2C(=O)[C@@H](c2cc(N3C[C@@H]4C[C@H]3CC4C(=O)[C@@H]3CCc4[nH]c5nnc(-c6ccccc6O)cc5c4C3)no2)C(C)C)cc1. The van der Waals surface area contributed by atoms with Crippen molar-refractivity contribution >= 4 is 45.8 Å². The Balaban J connectivity index is 0.786. The average Bonchev–Trinajstić information content (AvgIpc) is 4.15. The van der Waals surface area contributed by atoms with Gasteiger partial charge in [-0.05, 0) is 92.7 Å². The number of para-hydroxylation sites is 1. The van der Waals surface area contributed by atoms with Crippen LogP contribution in [0.25, 0.3) is 32.7 Å². The number of thiazole rings is 1. The lowest BCUT2D eigenvalue weighted by Gasteiger charge is -2.33. The molecule has 1 unspecified atom stereocenters. The summed E-state index contributed by atoms with van der Waals surface area (Å²) in [6.45, 7) is 8.54. The van der Waals surface area contributed by atoms with Crippen molar-refractivity contribution in [3.8, 4) is 27.4 Å². The van der Waals surface area contributed by atoms with Gasteiger partial charge in [0.25, 0.3) is 0 Å². The summed E-state index contributed by atoms with van der Waals surface area (Å²) in [5.41, 5.74) is 8.94. The Morgan fingerprint density at radius 3 is 2.54 bits per heavy atom. The van der Waals surface area contributed by atoms with Crippen molar-refractivity contribution in [1.29, 1.82) is 0 Å². The first-order valence-corrected chi connectivity index (χ1v) is 23.0. The molecule has 0 radical (unpaired) electrons. The first-order valence-electron chi connectivity index (χ1n) is 22.1. The number of rotatable bonds is 11. The Hall–Kier alpha value is -5.93. The van der Waals surface area contributed by atoms with Gasteiger partial charge in [0.1, 0.15) is 23.5 Å². The number of nitrogens with one attached hydrogen (secondary N) is 2. The minimum Gasteiger partial charge on any atom is -0.507 e. The second-order valence-electron chi connectivity index (χ2n) is 18.4. The maximum atomic E-state index is 14.4. The predicted octanol–water partition coefficient (Wildman–Crippen LogP) is 6.92. The maximum absolute atomic E-state index is 14.4. The van der Waals surface area contributed by atoms with Crippen LogP contribution < -0.4 is 10.2 Å². The summed E-state index contributed by atoms with van der Waals surface area (Å²) in [7, 11) is 0. The molecule has 15 heteroatoms. The smallest absolute Gasteiger partial charge is 0.243 e. The zero-order valence-electron chi connectivity index (χ0n) is 35.8. The minimum absolute atomic E-state index is 0.0317. The number of aromatic amines is 1. The molecule has 6 aromatic rings. The molecule has 6 heterocycles. The molecule has 10 rings (SSSR count). The summed E-state index contributed by atoms with van der Waals surface area (Å²) < 4.78 is 5.95. The Labute approximate surface area is 369 Å². The molecule has 4 aliphatic rings. The number of likely N-dealkylation sites (tertiary alicyclic amines) is 1. The number of ketones is 1. The number of hydrogen-bond acceptors (Lipinski definition) is 12. The van der Waals surface area contributed by atoms with Gasteiger partial charge in [-0.25, -0.2) is 4.98 Å². The third-order valence-corrected chi connectivity index (χ3v) is 15.1. The van der Waals surface area contributed by atoms with Crippen LogP contribution in [0.2, 0.25) is 0 Å². The molecule has 4 N–H and O–H groups in total. The molecule has 2 aliphatic carbocycles. The molecule has 2 aromatic carbocycles. The number of β-amino-alcohol motifs (C(OH)–C–C–N with tert-alkyl or cyclic N) is 1. The van der Waals surface area contributed by atoms with E-state index < -0.39 is 18.1 Å².